The lowest BCUT2D eigenvalue weighted by molar-refractivity contribution is 0.122. The molecular weight excluding hydrogens is 420 g/mol. The first-order valence-corrected chi connectivity index (χ1v) is 14.5. The van der Waals surface area contributed by atoms with Crippen molar-refractivity contribution in [2.45, 2.75) is 115 Å². The summed E-state index contributed by atoms with van der Waals surface area (Å²) in [5, 5.41) is 1.17. The minimum atomic E-state index is -2.33. The maximum atomic E-state index is 5.46. The lowest BCUT2D eigenvalue weighted by Crippen LogP contribution is -2.42. The quantitative estimate of drug-likeness (QED) is 0.0920. The Morgan fingerprint density at radius 1 is 0.444 bits per heavy atom. The monoisotopic (exact) mass is 466 g/mol. The van der Waals surface area contributed by atoms with Gasteiger partial charge in [0, 0.05) is 32.7 Å². The first-order valence-electron chi connectivity index (χ1n) is 11.5. The van der Waals surface area contributed by atoms with Gasteiger partial charge in [0.05, 0.1) is 0 Å². The average molecular weight is 468 g/mol. The van der Waals surface area contributed by atoms with E-state index in [0.717, 1.165) is 12.5 Å². The van der Waals surface area contributed by atoms with Gasteiger partial charge in [-0.1, -0.05) is 112 Å². The van der Waals surface area contributed by atoms with Crippen LogP contribution in [0, 0.1) is 0 Å². The van der Waals surface area contributed by atoms with Crippen LogP contribution in [0.25, 0.3) is 0 Å². The molecule has 164 valence electrons. The number of hydrogen-bond donors (Lipinski definition) is 0. The van der Waals surface area contributed by atoms with Crippen LogP contribution in [0.4, 0.5) is 0 Å². The van der Waals surface area contributed by atoms with Crippen LogP contribution in [0.5, 0.6) is 0 Å². The summed E-state index contributed by atoms with van der Waals surface area (Å²) in [6, 6.07) is 0.938. The highest BCUT2D eigenvalue weighted by Gasteiger charge is 2.36. The third-order valence-electron chi connectivity index (χ3n) is 5.55. The third-order valence-corrected chi connectivity index (χ3v) is 8.94. The van der Waals surface area contributed by atoms with Gasteiger partial charge in [-0.25, -0.2) is 0 Å². The smallest absolute Gasteiger partial charge is 0.377 e. The van der Waals surface area contributed by atoms with Crippen LogP contribution in [0.3, 0.4) is 0 Å². The fraction of sp³-hybridized carbons (Fsp3) is 1.00. The van der Waals surface area contributed by atoms with Gasteiger partial charge in [0.2, 0.25) is 0 Å². The van der Waals surface area contributed by atoms with Gasteiger partial charge in [-0.3, -0.25) is 0 Å². The third kappa shape index (κ3) is 17.2. The second-order valence-corrected chi connectivity index (χ2v) is 11.6. The van der Waals surface area contributed by atoms with Crippen LogP contribution in [-0.4, -0.2) is 35.5 Å². The van der Waals surface area contributed by atoms with Gasteiger partial charge in [0.1, 0.15) is 0 Å². The molecule has 5 heteroatoms. The molecule has 0 aromatic rings. The molecule has 0 amide bonds. The largest absolute Gasteiger partial charge is 0.500 e. The van der Waals surface area contributed by atoms with Crippen LogP contribution in [0.2, 0.25) is 6.04 Å². The van der Waals surface area contributed by atoms with E-state index in [1.165, 1.54) is 108 Å². The van der Waals surface area contributed by atoms with Crippen LogP contribution < -0.4 is 0 Å². The van der Waals surface area contributed by atoms with E-state index < -0.39 is 8.80 Å². The van der Waals surface area contributed by atoms with Gasteiger partial charge >= 0.3 is 8.80 Å². The maximum Gasteiger partial charge on any atom is 0.500 e. The number of rotatable bonds is 22. The molecule has 27 heavy (non-hydrogen) atoms. The van der Waals surface area contributed by atoms with Crippen molar-refractivity contribution in [1.29, 1.82) is 0 Å². The highest BCUT2D eigenvalue weighted by Crippen LogP contribution is 2.19. The van der Waals surface area contributed by atoms with Crippen molar-refractivity contribution in [1.82, 2.24) is 0 Å². The van der Waals surface area contributed by atoms with Crippen LogP contribution in [0.15, 0.2) is 0 Å². The summed E-state index contributed by atoms with van der Waals surface area (Å²) in [4.78, 5) is 0. The van der Waals surface area contributed by atoms with Crippen LogP contribution >= 0.6 is 15.9 Å². The maximum absolute atomic E-state index is 5.46. The summed E-state index contributed by atoms with van der Waals surface area (Å²) in [6.45, 7) is 0. The van der Waals surface area contributed by atoms with Gasteiger partial charge < -0.3 is 13.3 Å². The second kappa shape index (κ2) is 21.3. The summed E-state index contributed by atoms with van der Waals surface area (Å²) in [5.41, 5.74) is 0. The molecule has 0 fully saturated rings. The molecule has 0 radical (unpaired) electrons. The minimum absolute atomic E-state index is 0.938. The van der Waals surface area contributed by atoms with Crippen molar-refractivity contribution >= 4 is 24.7 Å². The molecule has 0 rings (SSSR count). The molecule has 0 unspecified atom stereocenters. The molecule has 0 aliphatic carbocycles. The SMILES string of the molecule is CO[Si](CCCCCCCCCCCCCCCCCCCBr)(OC)OC. The summed E-state index contributed by atoms with van der Waals surface area (Å²) < 4.78 is 16.4. The predicted molar refractivity (Wildman–Crippen MR) is 124 cm³/mol. The number of hydrogen-bond acceptors (Lipinski definition) is 3. The van der Waals surface area contributed by atoms with Crippen molar-refractivity contribution in [3.8, 4) is 0 Å². The summed E-state index contributed by atoms with van der Waals surface area (Å²) in [5.74, 6) is 0. The zero-order valence-electron chi connectivity index (χ0n) is 18.5. The zero-order chi connectivity index (χ0) is 20.1. The second-order valence-electron chi connectivity index (χ2n) is 7.74. The van der Waals surface area contributed by atoms with E-state index in [1.54, 1.807) is 21.3 Å². The van der Waals surface area contributed by atoms with Gasteiger partial charge in [-0.05, 0) is 12.8 Å². The normalized spacial score (nSPS) is 12.0. The fourth-order valence-corrected chi connectivity index (χ4v) is 5.84. The van der Waals surface area contributed by atoms with Crippen molar-refractivity contribution in [3.63, 3.8) is 0 Å². The molecule has 0 saturated heterocycles. The Labute approximate surface area is 179 Å². The van der Waals surface area contributed by atoms with E-state index in [2.05, 4.69) is 15.9 Å². The molecule has 0 atom stereocenters. The summed E-state index contributed by atoms with van der Waals surface area (Å²) >= 11 is 3.50. The molecule has 0 aliphatic heterocycles. The van der Waals surface area contributed by atoms with Gasteiger partial charge in [0.25, 0.3) is 0 Å². The van der Waals surface area contributed by atoms with Crippen molar-refractivity contribution in [2.24, 2.45) is 0 Å². The summed E-state index contributed by atoms with van der Waals surface area (Å²) in [7, 11) is 2.77. The van der Waals surface area contributed by atoms with E-state index in [0.29, 0.717) is 0 Å². The minimum Gasteiger partial charge on any atom is -0.377 e. The van der Waals surface area contributed by atoms with E-state index >= 15 is 0 Å². The molecule has 0 aromatic heterocycles. The molecule has 0 saturated carbocycles. The molecule has 0 spiro atoms. The average Bonchev–Trinajstić information content (AvgIpc) is 2.70. The Hall–Kier alpha value is 0.577. The van der Waals surface area contributed by atoms with Crippen LogP contribution in [0.1, 0.15) is 109 Å². The number of alkyl halides is 1. The lowest BCUT2D eigenvalue weighted by atomic mass is 10.0. The topological polar surface area (TPSA) is 27.7 Å². The highest BCUT2D eigenvalue weighted by molar-refractivity contribution is 9.09. The van der Waals surface area contributed by atoms with E-state index in [4.69, 9.17) is 13.3 Å². The molecule has 0 aliphatic rings. The molecule has 3 nitrogen and oxygen atoms in total. The summed E-state index contributed by atoms with van der Waals surface area (Å²) in [6.07, 6.45) is 23.7. The fourth-order valence-electron chi connectivity index (χ4n) is 3.64. The predicted octanol–water partition coefficient (Wildman–Crippen LogP) is 7.89. The molecule has 0 heterocycles. The van der Waals surface area contributed by atoms with E-state index in [-0.39, 0.29) is 0 Å². The molecule has 0 bridgehead atoms. The zero-order valence-corrected chi connectivity index (χ0v) is 21.1. The Morgan fingerprint density at radius 3 is 0.963 bits per heavy atom. The standard InChI is InChI=1S/C22H47BrO3Si/c1-24-27(25-2,26-3)22-20-18-16-14-12-10-8-6-4-5-7-9-11-13-15-17-19-21-23/h4-22H2,1-3H3. The lowest BCUT2D eigenvalue weighted by Gasteiger charge is -2.24. The van der Waals surface area contributed by atoms with E-state index in [1.807, 2.05) is 0 Å². The van der Waals surface area contributed by atoms with E-state index in [9.17, 15) is 0 Å². The Bertz CT molecular complexity index is 280. The van der Waals surface area contributed by atoms with Gasteiger partial charge in [-0.2, -0.15) is 0 Å². The van der Waals surface area contributed by atoms with Gasteiger partial charge in [0.15, 0.2) is 0 Å². The highest BCUT2D eigenvalue weighted by atomic mass is 79.9. The Morgan fingerprint density at radius 2 is 0.704 bits per heavy atom. The Balaban J connectivity index is 3.19. The molecular formula is C22H47BrO3Si. The number of halogens is 1. The van der Waals surface area contributed by atoms with Crippen LogP contribution in [-0.2, 0) is 13.3 Å². The first-order chi connectivity index (χ1) is 13.2. The van der Waals surface area contributed by atoms with Crippen molar-refractivity contribution in [2.75, 3.05) is 26.7 Å². The van der Waals surface area contributed by atoms with Crippen molar-refractivity contribution in [3.05, 3.63) is 0 Å². The molecule has 0 aromatic carbocycles. The number of unbranched alkanes of at least 4 members (excludes halogenated alkanes) is 16. The van der Waals surface area contributed by atoms with Crippen molar-refractivity contribution < 1.29 is 13.3 Å². The Kier molecular flexibility index (Phi) is 21.7. The molecule has 0 N–H and O–H groups in total. The van der Waals surface area contributed by atoms with Gasteiger partial charge in [-0.15, -0.1) is 0 Å². The first kappa shape index (κ1) is 27.6.